The molecule has 0 fully saturated rings. The third kappa shape index (κ3) is 6.04. The SMILES string of the molecule is CCCCOc1ccccc1C(=O)NC(=S)Nc1cccc(OCC)c1. The van der Waals surface area contributed by atoms with Crippen LogP contribution in [-0.4, -0.2) is 24.2 Å². The van der Waals surface area contributed by atoms with Crippen LogP contribution >= 0.6 is 12.2 Å². The third-order valence-electron chi connectivity index (χ3n) is 3.52. The average Bonchev–Trinajstić information content (AvgIpc) is 2.63. The van der Waals surface area contributed by atoms with Gasteiger partial charge in [0, 0.05) is 11.8 Å². The summed E-state index contributed by atoms with van der Waals surface area (Å²) in [4.78, 5) is 12.5. The molecule has 2 aromatic carbocycles. The number of carbonyl (C=O) groups excluding carboxylic acids is 1. The van der Waals surface area contributed by atoms with Crippen LogP contribution in [-0.2, 0) is 0 Å². The molecule has 5 nitrogen and oxygen atoms in total. The summed E-state index contributed by atoms with van der Waals surface area (Å²) >= 11 is 5.24. The molecule has 138 valence electrons. The fourth-order valence-corrected chi connectivity index (χ4v) is 2.48. The number of hydrogen-bond acceptors (Lipinski definition) is 4. The van der Waals surface area contributed by atoms with E-state index in [0.717, 1.165) is 24.3 Å². The second-order valence-electron chi connectivity index (χ2n) is 5.57. The first-order valence-electron chi connectivity index (χ1n) is 8.71. The molecule has 0 heterocycles. The smallest absolute Gasteiger partial charge is 0.261 e. The maximum atomic E-state index is 12.5. The first-order valence-corrected chi connectivity index (χ1v) is 9.12. The summed E-state index contributed by atoms with van der Waals surface area (Å²) in [6.07, 6.45) is 1.97. The molecule has 26 heavy (non-hydrogen) atoms. The number of anilines is 1. The molecule has 2 N–H and O–H groups in total. The maximum absolute atomic E-state index is 12.5. The van der Waals surface area contributed by atoms with E-state index in [1.807, 2.05) is 37.3 Å². The van der Waals surface area contributed by atoms with Crippen molar-refractivity contribution in [3.63, 3.8) is 0 Å². The molecular formula is C20H24N2O3S. The molecule has 0 aliphatic carbocycles. The van der Waals surface area contributed by atoms with Crippen molar-refractivity contribution in [3.8, 4) is 11.5 Å². The van der Waals surface area contributed by atoms with Gasteiger partial charge >= 0.3 is 0 Å². The monoisotopic (exact) mass is 372 g/mol. The Morgan fingerprint density at radius 3 is 2.65 bits per heavy atom. The van der Waals surface area contributed by atoms with Gasteiger partial charge in [-0.2, -0.15) is 0 Å². The molecule has 6 heteroatoms. The molecule has 0 bridgehead atoms. The van der Waals surface area contributed by atoms with Gasteiger partial charge in [-0.25, -0.2) is 0 Å². The van der Waals surface area contributed by atoms with Crippen molar-refractivity contribution in [2.75, 3.05) is 18.5 Å². The number of nitrogens with one attached hydrogen (secondary N) is 2. The van der Waals surface area contributed by atoms with Crippen LogP contribution in [0, 0.1) is 0 Å². The molecule has 0 aromatic heterocycles. The summed E-state index contributed by atoms with van der Waals surface area (Å²) in [5.41, 5.74) is 1.20. The summed E-state index contributed by atoms with van der Waals surface area (Å²) in [6.45, 7) is 5.17. The van der Waals surface area contributed by atoms with E-state index in [2.05, 4.69) is 17.6 Å². The van der Waals surface area contributed by atoms with Gasteiger partial charge in [0.1, 0.15) is 11.5 Å². The lowest BCUT2D eigenvalue weighted by Crippen LogP contribution is -2.34. The number of thiocarbonyl (C=S) groups is 1. The maximum Gasteiger partial charge on any atom is 0.261 e. The van der Waals surface area contributed by atoms with Crippen LogP contribution < -0.4 is 20.1 Å². The first-order chi connectivity index (χ1) is 12.6. The van der Waals surface area contributed by atoms with Crippen molar-refractivity contribution in [2.24, 2.45) is 0 Å². The average molecular weight is 372 g/mol. The molecule has 0 aliphatic rings. The molecule has 0 saturated heterocycles. The molecular weight excluding hydrogens is 348 g/mol. The predicted octanol–water partition coefficient (Wildman–Crippen LogP) is 4.39. The second-order valence-corrected chi connectivity index (χ2v) is 5.98. The van der Waals surface area contributed by atoms with E-state index in [4.69, 9.17) is 21.7 Å². The largest absolute Gasteiger partial charge is 0.494 e. The minimum Gasteiger partial charge on any atom is -0.494 e. The van der Waals surface area contributed by atoms with Gasteiger partial charge in [0.2, 0.25) is 0 Å². The number of unbranched alkanes of at least 4 members (excludes halogenated alkanes) is 1. The number of para-hydroxylation sites is 1. The Labute approximate surface area is 159 Å². The Balaban J connectivity index is 1.99. The Morgan fingerprint density at radius 2 is 1.88 bits per heavy atom. The van der Waals surface area contributed by atoms with E-state index in [0.29, 0.717) is 24.5 Å². The Morgan fingerprint density at radius 1 is 1.08 bits per heavy atom. The minimum atomic E-state index is -0.310. The third-order valence-corrected chi connectivity index (χ3v) is 3.72. The van der Waals surface area contributed by atoms with Gasteiger partial charge in [0.05, 0.1) is 18.8 Å². The van der Waals surface area contributed by atoms with Crippen LogP contribution in [0.3, 0.4) is 0 Å². The zero-order valence-corrected chi connectivity index (χ0v) is 15.9. The Hall–Kier alpha value is -2.60. The van der Waals surface area contributed by atoms with Crippen LogP contribution in [0.1, 0.15) is 37.0 Å². The van der Waals surface area contributed by atoms with E-state index in [9.17, 15) is 4.79 Å². The van der Waals surface area contributed by atoms with Crippen molar-refractivity contribution in [1.82, 2.24) is 5.32 Å². The van der Waals surface area contributed by atoms with Crippen molar-refractivity contribution in [1.29, 1.82) is 0 Å². The predicted molar refractivity (Wildman–Crippen MR) is 108 cm³/mol. The van der Waals surface area contributed by atoms with Crippen molar-refractivity contribution >= 4 is 28.9 Å². The molecule has 0 spiro atoms. The second kappa shape index (κ2) is 10.4. The van der Waals surface area contributed by atoms with E-state index < -0.39 is 0 Å². The summed E-state index contributed by atoms with van der Waals surface area (Å²) in [6, 6.07) is 14.5. The lowest BCUT2D eigenvalue weighted by atomic mass is 10.2. The number of rotatable bonds is 8. The summed E-state index contributed by atoms with van der Waals surface area (Å²) in [5.74, 6) is 0.983. The van der Waals surface area contributed by atoms with Gasteiger partial charge in [0.15, 0.2) is 5.11 Å². The summed E-state index contributed by atoms with van der Waals surface area (Å²) < 4.78 is 11.2. The van der Waals surface area contributed by atoms with Crippen molar-refractivity contribution in [2.45, 2.75) is 26.7 Å². The number of hydrogen-bond donors (Lipinski definition) is 2. The molecule has 1 amide bonds. The van der Waals surface area contributed by atoms with E-state index in [1.54, 1.807) is 18.2 Å². The molecule has 0 atom stereocenters. The normalized spacial score (nSPS) is 10.1. The highest BCUT2D eigenvalue weighted by molar-refractivity contribution is 7.80. The van der Waals surface area contributed by atoms with Gasteiger partial charge in [-0.05, 0) is 49.8 Å². The number of benzene rings is 2. The number of ether oxygens (including phenoxy) is 2. The molecule has 0 radical (unpaired) electrons. The fourth-order valence-electron chi connectivity index (χ4n) is 2.27. The topological polar surface area (TPSA) is 59.6 Å². The standard InChI is InChI=1S/C20H24N2O3S/c1-3-5-13-25-18-12-7-6-11-17(18)19(23)22-20(26)21-15-9-8-10-16(14-15)24-4-2/h6-12,14H,3-5,13H2,1-2H3,(H2,21,22,23,26). The lowest BCUT2D eigenvalue weighted by molar-refractivity contribution is 0.0973. The highest BCUT2D eigenvalue weighted by Crippen LogP contribution is 2.19. The first kappa shape index (κ1) is 19.7. The molecule has 2 aromatic rings. The van der Waals surface area contributed by atoms with E-state index >= 15 is 0 Å². The highest BCUT2D eigenvalue weighted by Gasteiger charge is 2.13. The number of amides is 1. The Kier molecular flexibility index (Phi) is 7.89. The molecule has 0 aliphatic heterocycles. The highest BCUT2D eigenvalue weighted by atomic mass is 32.1. The van der Waals surface area contributed by atoms with Crippen LogP contribution in [0.2, 0.25) is 0 Å². The van der Waals surface area contributed by atoms with Gasteiger partial charge in [-0.15, -0.1) is 0 Å². The quantitative estimate of drug-likeness (QED) is 0.532. The van der Waals surface area contributed by atoms with Gasteiger partial charge in [-0.3, -0.25) is 10.1 Å². The van der Waals surface area contributed by atoms with Gasteiger partial charge in [0.25, 0.3) is 5.91 Å². The lowest BCUT2D eigenvalue weighted by Gasteiger charge is -2.13. The van der Waals surface area contributed by atoms with E-state index in [-0.39, 0.29) is 11.0 Å². The Bertz CT molecular complexity index is 749. The zero-order chi connectivity index (χ0) is 18.8. The van der Waals surface area contributed by atoms with Gasteiger partial charge in [-0.1, -0.05) is 31.5 Å². The summed E-state index contributed by atoms with van der Waals surface area (Å²) in [5, 5.41) is 5.89. The van der Waals surface area contributed by atoms with E-state index in [1.165, 1.54) is 0 Å². The van der Waals surface area contributed by atoms with Gasteiger partial charge < -0.3 is 14.8 Å². The van der Waals surface area contributed by atoms with Crippen LogP contribution in [0.25, 0.3) is 0 Å². The zero-order valence-electron chi connectivity index (χ0n) is 15.1. The molecule has 2 rings (SSSR count). The summed E-state index contributed by atoms with van der Waals surface area (Å²) in [7, 11) is 0. The number of carbonyl (C=O) groups is 1. The van der Waals surface area contributed by atoms with Crippen molar-refractivity contribution in [3.05, 3.63) is 54.1 Å². The fraction of sp³-hybridized carbons (Fsp3) is 0.300. The van der Waals surface area contributed by atoms with Crippen LogP contribution in [0.15, 0.2) is 48.5 Å². The molecule has 0 unspecified atom stereocenters. The van der Waals surface area contributed by atoms with Crippen molar-refractivity contribution < 1.29 is 14.3 Å². The van der Waals surface area contributed by atoms with Crippen LogP contribution in [0.4, 0.5) is 5.69 Å². The molecule has 0 saturated carbocycles. The minimum absolute atomic E-state index is 0.215. The van der Waals surface area contributed by atoms with Crippen LogP contribution in [0.5, 0.6) is 11.5 Å².